The molecule has 4 heteroatoms. The normalized spacial score (nSPS) is 15.3. The van der Waals surface area contributed by atoms with Crippen molar-refractivity contribution in [2.75, 3.05) is 5.73 Å². The molecule has 0 unspecified atom stereocenters. The number of carbonyl (C=O) groups excluding carboxylic acids is 1. The van der Waals surface area contributed by atoms with E-state index in [0.717, 1.165) is 23.6 Å². The first kappa shape index (κ1) is 11.0. The van der Waals surface area contributed by atoms with Gasteiger partial charge in [-0.3, -0.25) is 4.79 Å². The van der Waals surface area contributed by atoms with Crippen molar-refractivity contribution >= 4 is 22.5 Å². The van der Waals surface area contributed by atoms with Gasteiger partial charge in [0.1, 0.15) is 5.82 Å². The molecule has 1 amide bonds. The Hall–Kier alpha value is -2.10. The van der Waals surface area contributed by atoms with Crippen molar-refractivity contribution in [3.63, 3.8) is 0 Å². The lowest BCUT2D eigenvalue weighted by atomic mass is 9.93. The van der Waals surface area contributed by atoms with Gasteiger partial charge in [0.25, 0.3) is 5.91 Å². The molecule has 2 aromatic rings. The van der Waals surface area contributed by atoms with E-state index in [-0.39, 0.29) is 5.91 Å². The van der Waals surface area contributed by atoms with Gasteiger partial charge in [-0.1, -0.05) is 24.3 Å². The topological polar surface area (TPSA) is 68.0 Å². The van der Waals surface area contributed by atoms with Crippen LogP contribution in [0, 0.1) is 0 Å². The lowest BCUT2D eigenvalue weighted by Crippen LogP contribution is -2.39. The number of fused-ring (bicyclic) bond motifs is 1. The summed E-state index contributed by atoms with van der Waals surface area (Å²) >= 11 is 0. The van der Waals surface area contributed by atoms with E-state index in [1.54, 1.807) is 6.20 Å². The summed E-state index contributed by atoms with van der Waals surface area (Å²) in [5, 5.41) is 4.72. The van der Waals surface area contributed by atoms with Crippen LogP contribution >= 0.6 is 0 Å². The van der Waals surface area contributed by atoms with E-state index in [1.165, 1.54) is 6.42 Å². The minimum atomic E-state index is -0.0524. The molecule has 18 heavy (non-hydrogen) atoms. The number of hydrogen-bond acceptors (Lipinski definition) is 3. The number of carbonyl (C=O) groups is 1. The van der Waals surface area contributed by atoms with Gasteiger partial charge >= 0.3 is 0 Å². The van der Waals surface area contributed by atoms with Crippen molar-refractivity contribution in [1.82, 2.24) is 10.3 Å². The van der Waals surface area contributed by atoms with Crippen LogP contribution in [0.2, 0.25) is 0 Å². The van der Waals surface area contributed by atoms with Gasteiger partial charge in [0.2, 0.25) is 0 Å². The van der Waals surface area contributed by atoms with Gasteiger partial charge in [-0.15, -0.1) is 0 Å². The number of amides is 1. The lowest BCUT2D eigenvalue weighted by Gasteiger charge is -2.26. The van der Waals surface area contributed by atoms with E-state index in [4.69, 9.17) is 5.73 Å². The van der Waals surface area contributed by atoms with Crippen molar-refractivity contribution in [2.45, 2.75) is 25.3 Å². The Bertz CT molecular complexity index is 605. The summed E-state index contributed by atoms with van der Waals surface area (Å²) in [7, 11) is 0. The number of hydrogen-bond donors (Lipinski definition) is 2. The summed E-state index contributed by atoms with van der Waals surface area (Å²) in [5.41, 5.74) is 6.42. The minimum Gasteiger partial charge on any atom is -0.383 e. The number of nitrogens with one attached hydrogen (secondary N) is 1. The quantitative estimate of drug-likeness (QED) is 0.846. The fraction of sp³-hybridized carbons (Fsp3) is 0.286. The van der Waals surface area contributed by atoms with Gasteiger partial charge in [-0.2, -0.15) is 0 Å². The van der Waals surface area contributed by atoms with Crippen LogP contribution in [0.4, 0.5) is 5.82 Å². The Kier molecular flexibility index (Phi) is 2.63. The standard InChI is InChI=1S/C14H15N3O/c15-13-11-7-2-1-6-10(11)12(8-16-13)14(18)17-9-4-3-5-9/h1-2,6-9H,3-5H2,(H2,15,16)(H,17,18). The first-order chi connectivity index (χ1) is 8.75. The molecule has 0 atom stereocenters. The number of nitrogen functional groups attached to an aromatic ring is 1. The number of rotatable bonds is 2. The zero-order valence-corrected chi connectivity index (χ0v) is 10.0. The summed E-state index contributed by atoms with van der Waals surface area (Å²) in [6, 6.07) is 7.92. The summed E-state index contributed by atoms with van der Waals surface area (Å²) in [4.78, 5) is 16.3. The largest absolute Gasteiger partial charge is 0.383 e. The van der Waals surface area contributed by atoms with Crippen LogP contribution in [-0.4, -0.2) is 16.9 Å². The maximum atomic E-state index is 12.2. The Morgan fingerprint density at radius 1 is 1.28 bits per heavy atom. The van der Waals surface area contributed by atoms with Crippen LogP contribution in [0.5, 0.6) is 0 Å². The van der Waals surface area contributed by atoms with Crippen LogP contribution in [0.15, 0.2) is 30.5 Å². The second kappa shape index (κ2) is 4.29. The number of nitrogens with zero attached hydrogens (tertiary/aromatic N) is 1. The second-order valence-corrected chi connectivity index (χ2v) is 4.70. The maximum Gasteiger partial charge on any atom is 0.253 e. The monoisotopic (exact) mass is 241 g/mol. The molecule has 1 saturated carbocycles. The molecule has 3 rings (SSSR count). The average molecular weight is 241 g/mol. The highest BCUT2D eigenvalue weighted by Gasteiger charge is 2.21. The van der Waals surface area contributed by atoms with E-state index < -0.39 is 0 Å². The molecule has 1 aromatic carbocycles. The van der Waals surface area contributed by atoms with Gasteiger partial charge in [-0.25, -0.2) is 4.98 Å². The van der Waals surface area contributed by atoms with E-state index in [2.05, 4.69) is 10.3 Å². The van der Waals surface area contributed by atoms with Crippen LogP contribution in [0.3, 0.4) is 0 Å². The molecule has 92 valence electrons. The highest BCUT2D eigenvalue weighted by atomic mass is 16.1. The molecule has 0 saturated heterocycles. The molecule has 1 aromatic heterocycles. The molecule has 1 fully saturated rings. The molecule has 0 radical (unpaired) electrons. The number of pyridine rings is 1. The van der Waals surface area contributed by atoms with E-state index >= 15 is 0 Å². The van der Waals surface area contributed by atoms with Crippen molar-refractivity contribution in [1.29, 1.82) is 0 Å². The predicted octanol–water partition coefficient (Wildman–Crippen LogP) is 2.10. The molecule has 4 nitrogen and oxygen atoms in total. The van der Waals surface area contributed by atoms with Crippen LogP contribution in [-0.2, 0) is 0 Å². The lowest BCUT2D eigenvalue weighted by molar-refractivity contribution is 0.0918. The minimum absolute atomic E-state index is 0.0524. The number of anilines is 1. The Morgan fingerprint density at radius 2 is 2.00 bits per heavy atom. The summed E-state index contributed by atoms with van der Waals surface area (Å²) in [6.07, 6.45) is 4.91. The summed E-state index contributed by atoms with van der Waals surface area (Å²) < 4.78 is 0. The predicted molar refractivity (Wildman–Crippen MR) is 71.3 cm³/mol. The zero-order chi connectivity index (χ0) is 12.5. The molecule has 1 aliphatic carbocycles. The third kappa shape index (κ3) is 1.79. The molecule has 1 heterocycles. The van der Waals surface area contributed by atoms with E-state index in [0.29, 0.717) is 17.4 Å². The highest BCUT2D eigenvalue weighted by molar-refractivity contribution is 6.09. The number of nitrogens with two attached hydrogens (primary N) is 1. The SMILES string of the molecule is Nc1ncc(C(=O)NC2CCC2)c2ccccc12. The van der Waals surface area contributed by atoms with Gasteiger partial charge in [-0.05, 0) is 24.6 Å². The fourth-order valence-electron chi connectivity index (χ4n) is 2.21. The second-order valence-electron chi connectivity index (χ2n) is 4.70. The van der Waals surface area contributed by atoms with Gasteiger partial charge < -0.3 is 11.1 Å². The van der Waals surface area contributed by atoms with Crippen molar-refractivity contribution in [2.24, 2.45) is 0 Å². The van der Waals surface area contributed by atoms with Crippen LogP contribution < -0.4 is 11.1 Å². The third-order valence-electron chi connectivity index (χ3n) is 3.51. The van der Waals surface area contributed by atoms with Gasteiger partial charge in [0, 0.05) is 17.6 Å². The Balaban J connectivity index is 2.00. The smallest absolute Gasteiger partial charge is 0.253 e. The molecule has 0 spiro atoms. The van der Waals surface area contributed by atoms with Crippen molar-refractivity contribution in [3.8, 4) is 0 Å². The van der Waals surface area contributed by atoms with Gasteiger partial charge in [0.05, 0.1) is 5.56 Å². The summed E-state index contributed by atoms with van der Waals surface area (Å²) in [6.45, 7) is 0. The van der Waals surface area contributed by atoms with Crippen LogP contribution in [0.1, 0.15) is 29.6 Å². The molecule has 0 aliphatic heterocycles. The maximum absolute atomic E-state index is 12.2. The van der Waals surface area contributed by atoms with Crippen LogP contribution in [0.25, 0.3) is 10.8 Å². The first-order valence-electron chi connectivity index (χ1n) is 6.20. The fourth-order valence-corrected chi connectivity index (χ4v) is 2.21. The third-order valence-corrected chi connectivity index (χ3v) is 3.51. The summed E-state index contributed by atoms with van der Waals surface area (Å²) in [5.74, 6) is 0.411. The Morgan fingerprint density at radius 3 is 2.67 bits per heavy atom. The van der Waals surface area contributed by atoms with Crippen molar-refractivity contribution in [3.05, 3.63) is 36.0 Å². The van der Waals surface area contributed by atoms with Crippen molar-refractivity contribution < 1.29 is 4.79 Å². The molecular weight excluding hydrogens is 226 g/mol. The zero-order valence-electron chi connectivity index (χ0n) is 10.0. The Labute approximate surface area is 105 Å². The molecular formula is C14H15N3O. The van der Waals surface area contributed by atoms with E-state index in [1.807, 2.05) is 24.3 Å². The number of aromatic nitrogens is 1. The number of benzene rings is 1. The average Bonchev–Trinajstić information content (AvgIpc) is 2.34. The first-order valence-corrected chi connectivity index (χ1v) is 6.20. The van der Waals surface area contributed by atoms with E-state index in [9.17, 15) is 4.79 Å². The highest BCUT2D eigenvalue weighted by Crippen LogP contribution is 2.23. The molecule has 0 bridgehead atoms. The van der Waals surface area contributed by atoms with Gasteiger partial charge in [0.15, 0.2) is 0 Å². The molecule has 1 aliphatic rings. The molecule has 3 N–H and O–H groups in total.